The van der Waals surface area contributed by atoms with Crippen LogP contribution in [-0.4, -0.2) is 35.0 Å². The summed E-state index contributed by atoms with van der Waals surface area (Å²) in [5.41, 5.74) is 0.404. The van der Waals surface area contributed by atoms with Crippen LogP contribution in [0, 0.1) is 10.1 Å². The first-order valence-corrected chi connectivity index (χ1v) is 9.23. The highest BCUT2D eigenvalue weighted by molar-refractivity contribution is 7.90. The second-order valence-electron chi connectivity index (χ2n) is 5.49. The third-order valence-corrected chi connectivity index (χ3v) is 4.70. The average molecular weight is 375 g/mol. The zero-order chi connectivity index (χ0) is 18.9. The van der Waals surface area contributed by atoms with Gasteiger partial charge in [0.2, 0.25) is 0 Å². The minimum atomic E-state index is -3.80. The van der Waals surface area contributed by atoms with Crippen LogP contribution in [0.15, 0.2) is 53.7 Å². The number of pyridine rings is 1. The van der Waals surface area contributed by atoms with E-state index in [-0.39, 0.29) is 12.2 Å². The van der Waals surface area contributed by atoms with Gasteiger partial charge >= 0.3 is 5.97 Å². The summed E-state index contributed by atoms with van der Waals surface area (Å²) in [5, 5.41) is 11.1. The van der Waals surface area contributed by atoms with Gasteiger partial charge in [0.05, 0.1) is 16.2 Å². The molecule has 0 aliphatic heterocycles. The quantitative estimate of drug-likeness (QED) is 0.380. The molecule has 0 aliphatic rings. The first kappa shape index (κ1) is 17.5. The van der Waals surface area contributed by atoms with Crippen molar-refractivity contribution in [3.05, 3.63) is 70.2 Å². The fourth-order valence-corrected chi connectivity index (χ4v) is 3.21. The molecule has 2 heterocycles. The lowest BCUT2D eigenvalue weighted by Gasteiger charge is -2.05. The van der Waals surface area contributed by atoms with Crippen molar-refractivity contribution >= 4 is 27.1 Å². The van der Waals surface area contributed by atoms with Gasteiger partial charge in [-0.05, 0) is 24.3 Å². The zero-order valence-electron chi connectivity index (χ0n) is 13.5. The first-order valence-electron chi connectivity index (χ1n) is 7.34. The van der Waals surface area contributed by atoms with E-state index in [0.29, 0.717) is 11.3 Å². The van der Waals surface area contributed by atoms with Gasteiger partial charge in [0, 0.05) is 24.7 Å². The van der Waals surface area contributed by atoms with Crippen molar-refractivity contribution in [1.29, 1.82) is 0 Å². The van der Waals surface area contributed by atoms with Crippen LogP contribution >= 0.6 is 0 Å². The predicted octanol–water partition coefficient (Wildman–Crippen LogP) is 2.00. The monoisotopic (exact) mass is 375 g/mol. The molecule has 3 rings (SSSR count). The molecule has 0 fully saturated rings. The van der Waals surface area contributed by atoms with Crippen LogP contribution in [0.1, 0.15) is 16.1 Å². The van der Waals surface area contributed by atoms with Crippen LogP contribution < -0.4 is 0 Å². The molecule has 0 saturated carbocycles. The number of rotatable bonds is 5. The van der Waals surface area contributed by atoms with E-state index in [1.165, 1.54) is 6.07 Å². The van der Waals surface area contributed by atoms with Crippen LogP contribution in [-0.2, 0) is 21.2 Å². The molecular weight excluding hydrogens is 362 g/mol. The lowest BCUT2D eigenvalue weighted by Crippen LogP contribution is -2.08. The van der Waals surface area contributed by atoms with Gasteiger partial charge in [-0.2, -0.15) is 0 Å². The number of sulfone groups is 1. The summed E-state index contributed by atoms with van der Waals surface area (Å²) in [6.07, 6.45) is 4.34. The summed E-state index contributed by atoms with van der Waals surface area (Å²) < 4.78 is 30.1. The largest absolute Gasteiger partial charge is 0.456 e. The molecule has 0 bridgehead atoms. The predicted molar refractivity (Wildman–Crippen MR) is 90.5 cm³/mol. The van der Waals surface area contributed by atoms with E-state index in [1.807, 2.05) is 12.1 Å². The highest BCUT2D eigenvalue weighted by Crippen LogP contribution is 2.25. The molecule has 0 unspecified atom stereocenters. The van der Waals surface area contributed by atoms with Crippen molar-refractivity contribution < 1.29 is 22.9 Å². The molecule has 3 aromatic rings. The Kier molecular flexibility index (Phi) is 4.43. The number of nitrogens with zero attached hydrogens (tertiary/aromatic N) is 3. The molecule has 2 aromatic heterocycles. The molecular formula is C16H13N3O6S. The van der Waals surface area contributed by atoms with Crippen LogP contribution in [0.25, 0.3) is 5.65 Å². The van der Waals surface area contributed by atoms with E-state index >= 15 is 0 Å². The van der Waals surface area contributed by atoms with Crippen molar-refractivity contribution in [2.75, 3.05) is 6.26 Å². The molecule has 9 nitrogen and oxygen atoms in total. The van der Waals surface area contributed by atoms with Gasteiger partial charge in [0.25, 0.3) is 5.69 Å². The van der Waals surface area contributed by atoms with Crippen LogP contribution in [0.5, 0.6) is 0 Å². The zero-order valence-corrected chi connectivity index (χ0v) is 14.3. The number of hydrogen-bond donors (Lipinski definition) is 0. The van der Waals surface area contributed by atoms with Gasteiger partial charge in [-0.15, -0.1) is 0 Å². The van der Waals surface area contributed by atoms with Crippen molar-refractivity contribution in [3.63, 3.8) is 0 Å². The van der Waals surface area contributed by atoms with Crippen molar-refractivity contribution in [1.82, 2.24) is 9.38 Å². The maximum atomic E-state index is 12.1. The number of fused-ring (bicyclic) bond motifs is 1. The molecule has 0 N–H and O–H groups in total. The second kappa shape index (κ2) is 6.56. The number of ether oxygens (including phenoxy) is 1. The summed E-state index contributed by atoms with van der Waals surface area (Å²) >= 11 is 0. The van der Waals surface area contributed by atoms with E-state index in [1.54, 1.807) is 22.9 Å². The van der Waals surface area contributed by atoms with E-state index in [2.05, 4.69) is 4.98 Å². The van der Waals surface area contributed by atoms with Crippen molar-refractivity contribution in [3.8, 4) is 0 Å². The Morgan fingerprint density at radius 2 is 2.08 bits per heavy atom. The third kappa shape index (κ3) is 3.54. The standard InChI is InChI=1S/C16H13N3O6S/c1-26(23,24)14-6-5-11(8-13(14)19(21)22)16(20)25-10-12-9-18-7-3-2-4-15(18)17-12/h2-9H,10H2,1H3. The Bertz CT molecular complexity index is 1090. The number of hydrogen-bond acceptors (Lipinski definition) is 7. The summed E-state index contributed by atoms with van der Waals surface area (Å²) in [6, 6.07) is 8.53. The molecule has 0 aliphatic carbocycles. The Morgan fingerprint density at radius 3 is 2.73 bits per heavy atom. The van der Waals surface area contributed by atoms with E-state index in [4.69, 9.17) is 4.74 Å². The number of benzene rings is 1. The van der Waals surface area contributed by atoms with E-state index in [0.717, 1.165) is 18.4 Å². The van der Waals surface area contributed by atoms with Gasteiger partial charge in [0.1, 0.15) is 17.1 Å². The number of carbonyl (C=O) groups is 1. The van der Waals surface area contributed by atoms with Crippen molar-refractivity contribution in [2.45, 2.75) is 11.5 Å². The Labute approximate surface area is 147 Å². The number of imidazole rings is 1. The maximum Gasteiger partial charge on any atom is 0.338 e. The molecule has 0 spiro atoms. The van der Waals surface area contributed by atoms with E-state index < -0.39 is 31.3 Å². The minimum absolute atomic E-state index is 0.118. The normalized spacial score (nSPS) is 11.4. The Morgan fingerprint density at radius 1 is 1.31 bits per heavy atom. The summed E-state index contributed by atoms with van der Waals surface area (Å²) in [4.78, 5) is 26.2. The lowest BCUT2D eigenvalue weighted by molar-refractivity contribution is -0.387. The molecule has 0 atom stereocenters. The number of aromatic nitrogens is 2. The second-order valence-corrected chi connectivity index (χ2v) is 7.47. The van der Waals surface area contributed by atoms with Crippen LogP contribution in [0.2, 0.25) is 0 Å². The summed E-state index contributed by atoms with van der Waals surface area (Å²) in [6.45, 7) is -0.123. The van der Waals surface area contributed by atoms with Gasteiger partial charge in [-0.3, -0.25) is 10.1 Å². The maximum absolute atomic E-state index is 12.1. The lowest BCUT2D eigenvalue weighted by atomic mass is 10.2. The van der Waals surface area contributed by atoms with Crippen molar-refractivity contribution in [2.24, 2.45) is 0 Å². The Balaban J connectivity index is 1.81. The number of nitro groups is 1. The highest BCUT2D eigenvalue weighted by Gasteiger charge is 2.24. The topological polar surface area (TPSA) is 121 Å². The highest BCUT2D eigenvalue weighted by atomic mass is 32.2. The van der Waals surface area contributed by atoms with Gasteiger partial charge < -0.3 is 9.14 Å². The summed E-state index contributed by atoms with van der Waals surface area (Å²) in [5.74, 6) is -0.815. The van der Waals surface area contributed by atoms with Crippen LogP contribution in [0.4, 0.5) is 5.69 Å². The average Bonchev–Trinajstić information content (AvgIpc) is 3.01. The smallest absolute Gasteiger partial charge is 0.338 e. The SMILES string of the molecule is CS(=O)(=O)c1ccc(C(=O)OCc2cn3ccccc3n2)cc1[N+](=O)[O-]. The number of esters is 1. The molecule has 134 valence electrons. The van der Waals surface area contributed by atoms with E-state index in [9.17, 15) is 23.3 Å². The molecule has 26 heavy (non-hydrogen) atoms. The number of carbonyl (C=O) groups excluding carboxylic acids is 1. The minimum Gasteiger partial charge on any atom is -0.456 e. The molecule has 0 saturated heterocycles. The van der Waals surface area contributed by atoms with Gasteiger partial charge in [0.15, 0.2) is 9.84 Å². The molecule has 0 radical (unpaired) electrons. The number of nitro benzene ring substituents is 1. The van der Waals surface area contributed by atoms with Gasteiger partial charge in [-0.25, -0.2) is 18.2 Å². The molecule has 10 heteroatoms. The molecule has 1 aromatic carbocycles. The third-order valence-electron chi connectivity index (χ3n) is 3.56. The summed E-state index contributed by atoms with van der Waals surface area (Å²) in [7, 11) is -3.80. The first-order chi connectivity index (χ1) is 12.3. The fourth-order valence-electron chi connectivity index (χ4n) is 2.38. The fraction of sp³-hybridized carbons (Fsp3) is 0.125. The Hall–Kier alpha value is -3.27. The molecule has 0 amide bonds. The van der Waals surface area contributed by atoms with Crippen LogP contribution in [0.3, 0.4) is 0 Å². The van der Waals surface area contributed by atoms with Gasteiger partial charge in [-0.1, -0.05) is 6.07 Å².